The van der Waals surface area contributed by atoms with Gasteiger partial charge >= 0.3 is 0 Å². The van der Waals surface area contributed by atoms with Crippen molar-refractivity contribution in [2.75, 3.05) is 19.6 Å². The number of thiophene rings is 1. The Morgan fingerprint density at radius 2 is 2.36 bits per heavy atom. The molecule has 2 atom stereocenters. The summed E-state index contributed by atoms with van der Waals surface area (Å²) >= 11 is 1.60. The molecule has 1 aliphatic rings. The van der Waals surface area contributed by atoms with E-state index in [0.717, 1.165) is 43.6 Å². The van der Waals surface area contributed by atoms with Crippen molar-refractivity contribution in [3.05, 3.63) is 22.4 Å². The molecule has 1 saturated heterocycles. The highest BCUT2D eigenvalue weighted by atomic mass is 32.1. The Morgan fingerprint density at radius 3 is 3.09 bits per heavy atom. The zero-order valence-electron chi connectivity index (χ0n) is 13.5. The summed E-state index contributed by atoms with van der Waals surface area (Å²) in [7, 11) is 0. The van der Waals surface area contributed by atoms with Crippen LogP contribution in [-0.4, -0.2) is 41.6 Å². The maximum Gasteiger partial charge on any atom is 0.234 e. The fourth-order valence-electron chi connectivity index (χ4n) is 3.07. The molecular formula is C17H28N2O2S. The molecular weight excluding hydrogens is 296 g/mol. The summed E-state index contributed by atoms with van der Waals surface area (Å²) in [6, 6.07) is 4.27. The van der Waals surface area contributed by atoms with E-state index in [2.05, 4.69) is 17.1 Å². The number of aliphatic hydroxyl groups excluding tert-OH is 1. The Morgan fingerprint density at radius 1 is 1.50 bits per heavy atom. The number of carbonyl (C=O) groups is 1. The van der Waals surface area contributed by atoms with Crippen LogP contribution in [0, 0.1) is 0 Å². The lowest BCUT2D eigenvalue weighted by Gasteiger charge is -2.30. The van der Waals surface area contributed by atoms with Crippen LogP contribution in [0.4, 0.5) is 0 Å². The van der Waals surface area contributed by atoms with Crippen molar-refractivity contribution in [2.24, 2.45) is 0 Å². The minimum atomic E-state index is -0.413. The zero-order valence-corrected chi connectivity index (χ0v) is 14.3. The Balaban J connectivity index is 1.93. The fourth-order valence-corrected chi connectivity index (χ4v) is 3.80. The summed E-state index contributed by atoms with van der Waals surface area (Å²) in [4.78, 5) is 15.3. The molecule has 1 fully saturated rings. The molecule has 0 radical (unpaired) electrons. The second-order valence-electron chi connectivity index (χ2n) is 6.09. The summed E-state index contributed by atoms with van der Waals surface area (Å²) < 4.78 is 0. The van der Waals surface area contributed by atoms with Crippen LogP contribution in [0.1, 0.15) is 56.4 Å². The molecule has 2 rings (SSSR count). The van der Waals surface area contributed by atoms with Crippen LogP contribution in [-0.2, 0) is 4.79 Å². The van der Waals surface area contributed by atoms with E-state index >= 15 is 0 Å². The lowest BCUT2D eigenvalue weighted by Crippen LogP contribution is -2.43. The molecule has 0 bridgehead atoms. The molecule has 1 aromatic rings. The molecule has 124 valence electrons. The Labute approximate surface area is 137 Å². The summed E-state index contributed by atoms with van der Waals surface area (Å²) in [6.07, 6.45) is 5.90. The van der Waals surface area contributed by atoms with E-state index in [1.54, 1.807) is 11.3 Å². The summed E-state index contributed by atoms with van der Waals surface area (Å²) in [5, 5.41) is 15.4. The van der Waals surface area contributed by atoms with Crippen molar-refractivity contribution in [1.29, 1.82) is 0 Å². The highest BCUT2D eigenvalue weighted by Crippen LogP contribution is 2.28. The fraction of sp³-hybridized carbons (Fsp3) is 0.706. The van der Waals surface area contributed by atoms with Gasteiger partial charge in [-0.15, -0.1) is 11.3 Å². The van der Waals surface area contributed by atoms with Crippen molar-refractivity contribution in [3.8, 4) is 0 Å². The minimum Gasteiger partial charge on any atom is -0.388 e. The van der Waals surface area contributed by atoms with Gasteiger partial charge in [0, 0.05) is 17.5 Å². The van der Waals surface area contributed by atoms with Crippen LogP contribution in [0.5, 0.6) is 0 Å². The van der Waals surface area contributed by atoms with Crippen LogP contribution in [0.15, 0.2) is 17.5 Å². The number of rotatable bonds is 7. The summed E-state index contributed by atoms with van der Waals surface area (Å²) in [5.41, 5.74) is 0. The molecule has 22 heavy (non-hydrogen) atoms. The molecule has 1 aromatic heterocycles. The molecule has 1 amide bonds. The lowest BCUT2D eigenvalue weighted by molar-refractivity contribution is -0.123. The van der Waals surface area contributed by atoms with E-state index < -0.39 is 6.10 Å². The predicted octanol–water partition coefficient (Wildman–Crippen LogP) is 2.94. The van der Waals surface area contributed by atoms with Crippen molar-refractivity contribution < 1.29 is 9.90 Å². The van der Waals surface area contributed by atoms with E-state index in [0.29, 0.717) is 12.6 Å². The van der Waals surface area contributed by atoms with Crippen molar-refractivity contribution >= 4 is 17.2 Å². The number of amides is 1. The monoisotopic (exact) mass is 324 g/mol. The number of hydrogen-bond acceptors (Lipinski definition) is 4. The Kier molecular flexibility index (Phi) is 7.36. The van der Waals surface area contributed by atoms with Gasteiger partial charge in [0.2, 0.25) is 5.91 Å². The quantitative estimate of drug-likeness (QED) is 0.811. The van der Waals surface area contributed by atoms with E-state index in [1.165, 1.54) is 12.8 Å². The zero-order chi connectivity index (χ0) is 15.8. The molecule has 2 heterocycles. The minimum absolute atomic E-state index is 0.111. The van der Waals surface area contributed by atoms with Crippen molar-refractivity contribution in [1.82, 2.24) is 10.2 Å². The van der Waals surface area contributed by atoms with Gasteiger partial charge in [-0.05, 0) is 43.7 Å². The standard InChI is InChI=1S/C17H28N2O2S/c1-2-9-18-17(21)13-19-10-5-3-4-7-14(19)12-15(20)16-8-6-11-22-16/h6,8,11,14-15,20H,2-5,7,9-10,12-13H2,1H3,(H,18,21)/t14-,15+/m1/s1. The Hall–Kier alpha value is -0.910. The van der Waals surface area contributed by atoms with E-state index in [1.807, 2.05) is 17.5 Å². The first-order chi connectivity index (χ1) is 10.7. The van der Waals surface area contributed by atoms with E-state index in [-0.39, 0.29) is 5.91 Å². The van der Waals surface area contributed by atoms with Crippen molar-refractivity contribution in [2.45, 2.75) is 57.6 Å². The second kappa shape index (κ2) is 9.28. The van der Waals surface area contributed by atoms with E-state index in [9.17, 15) is 9.90 Å². The summed E-state index contributed by atoms with van der Waals surface area (Å²) in [5.74, 6) is 0.111. The third kappa shape index (κ3) is 5.38. The number of carbonyl (C=O) groups excluding carboxylic acids is 1. The second-order valence-corrected chi connectivity index (χ2v) is 7.07. The normalized spacial score (nSPS) is 21.3. The van der Waals surface area contributed by atoms with Gasteiger partial charge in [-0.25, -0.2) is 0 Å². The van der Waals surface area contributed by atoms with Crippen LogP contribution in [0.3, 0.4) is 0 Å². The molecule has 0 saturated carbocycles. The maximum atomic E-state index is 12.0. The van der Waals surface area contributed by atoms with Crippen LogP contribution < -0.4 is 5.32 Å². The molecule has 0 aromatic carbocycles. The number of likely N-dealkylation sites (tertiary alicyclic amines) is 1. The first-order valence-corrected chi connectivity index (χ1v) is 9.31. The molecule has 4 nitrogen and oxygen atoms in total. The van der Waals surface area contributed by atoms with Gasteiger partial charge in [-0.3, -0.25) is 9.69 Å². The van der Waals surface area contributed by atoms with Crippen LogP contribution >= 0.6 is 11.3 Å². The largest absolute Gasteiger partial charge is 0.388 e. The van der Waals surface area contributed by atoms with Gasteiger partial charge in [0.1, 0.15) is 0 Å². The smallest absolute Gasteiger partial charge is 0.234 e. The number of nitrogens with zero attached hydrogens (tertiary/aromatic N) is 1. The molecule has 0 unspecified atom stereocenters. The molecule has 0 spiro atoms. The van der Waals surface area contributed by atoms with Gasteiger partial charge in [0.25, 0.3) is 0 Å². The topological polar surface area (TPSA) is 52.6 Å². The third-order valence-electron chi connectivity index (χ3n) is 4.28. The van der Waals surface area contributed by atoms with Gasteiger partial charge in [-0.1, -0.05) is 25.8 Å². The first-order valence-electron chi connectivity index (χ1n) is 8.43. The lowest BCUT2D eigenvalue weighted by atomic mass is 10.0. The first kappa shape index (κ1) is 17.4. The number of aliphatic hydroxyl groups is 1. The van der Waals surface area contributed by atoms with Gasteiger partial charge in [-0.2, -0.15) is 0 Å². The predicted molar refractivity (Wildman–Crippen MR) is 91.0 cm³/mol. The average Bonchev–Trinajstić information content (AvgIpc) is 2.97. The highest BCUT2D eigenvalue weighted by molar-refractivity contribution is 7.10. The molecule has 1 aliphatic heterocycles. The maximum absolute atomic E-state index is 12.0. The molecule has 0 aliphatic carbocycles. The molecule has 2 N–H and O–H groups in total. The number of hydrogen-bond donors (Lipinski definition) is 2. The molecule has 5 heteroatoms. The highest BCUT2D eigenvalue weighted by Gasteiger charge is 2.26. The van der Waals surface area contributed by atoms with Crippen molar-refractivity contribution in [3.63, 3.8) is 0 Å². The van der Waals surface area contributed by atoms with Gasteiger partial charge in [0.15, 0.2) is 0 Å². The third-order valence-corrected chi connectivity index (χ3v) is 5.26. The van der Waals surface area contributed by atoms with Crippen LogP contribution in [0.25, 0.3) is 0 Å². The van der Waals surface area contributed by atoms with E-state index in [4.69, 9.17) is 0 Å². The summed E-state index contributed by atoms with van der Waals surface area (Å²) in [6.45, 7) is 4.23. The van der Waals surface area contributed by atoms with Gasteiger partial charge < -0.3 is 10.4 Å². The van der Waals surface area contributed by atoms with Crippen LogP contribution in [0.2, 0.25) is 0 Å². The average molecular weight is 324 g/mol. The SMILES string of the molecule is CCCNC(=O)CN1CCCCC[C@@H]1C[C@H](O)c1cccs1. The Bertz CT molecular complexity index is 436. The number of nitrogens with one attached hydrogen (secondary N) is 1. The van der Waals surface area contributed by atoms with Gasteiger partial charge in [0.05, 0.1) is 12.6 Å².